The number of benzene rings is 4. The molecular formula is C25H24O2. The molecule has 0 aromatic heterocycles. The topological polar surface area (TPSA) is 18.5 Å². The third kappa shape index (κ3) is 3.23. The van der Waals surface area contributed by atoms with E-state index in [2.05, 4.69) is 86.6 Å². The van der Waals surface area contributed by atoms with Gasteiger partial charge in [0.2, 0.25) is 0 Å². The van der Waals surface area contributed by atoms with Gasteiger partial charge >= 0.3 is 0 Å². The minimum absolute atomic E-state index is 0.0930. The lowest BCUT2D eigenvalue weighted by atomic mass is 9.92. The fourth-order valence-corrected chi connectivity index (χ4v) is 3.65. The highest BCUT2D eigenvalue weighted by Crippen LogP contribution is 2.45. The molecule has 0 atom stereocenters. The van der Waals surface area contributed by atoms with Crippen LogP contribution in [0.4, 0.5) is 0 Å². The van der Waals surface area contributed by atoms with Crippen molar-refractivity contribution in [2.45, 2.75) is 26.9 Å². The van der Waals surface area contributed by atoms with Crippen molar-refractivity contribution in [3.8, 4) is 22.6 Å². The average Bonchev–Trinajstić information content (AvgIpc) is 2.68. The van der Waals surface area contributed by atoms with Crippen LogP contribution >= 0.6 is 0 Å². The highest BCUT2D eigenvalue weighted by molar-refractivity contribution is 6.09. The first kappa shape index (κ1) is 17.4. The lowest BCUT2D eigenvalue weighted by Crippen LogP contribution is -2.07. The Kier molecular flexibility index (Phi) is 4.72. The number of hydrogen-bond donors (Lipinski definition) is 0. The van der Waals surface area contributed by atoms with Gasteiger partial charge in [0.25, 0.3) is 0 Å². The second-order valence-electron chi connectivity index (χ2n) is 6.92. The summed E-state index contributed by atoms with van der Waals surface area (Å²) in [5.41, 5.74) is 2.20. The summed E-state index contributed by atoms with van der Waals surface area (Å²) in [4.78, 5) is 0. The van der Waals surface area contributed by atoms with Crippen LogP contribution in [0.1, 0.15) is 20.8 Å². The summed E-state index contributed by atoms with van der Waals surface area (Å²) in [6.45, 7) is 6.77. The van der Waals surface area contributed by atoms with E-state index in [4.69, 9.17) is 9.47 Å². The molecule has 0 bridgehead atoms. The second-order valence-corrected chi connectivity index (χ2v) is 6.92. The molecule has 0 aliphatic carbocycles. The predicted molar refractivity (Wildman–Crippen MR) is 114 cm³/mol. The third-order valence-electron chi connectivity index (χ3n) is 4.69. The van der Waals surface area contributed by atoms with Crippen LogP contribution < -0.4 is 9.47 Å². The number of fused-ring (bicyclic) bond motifs is 2. The van der Waals surface area contributed by atoms with Crippen molar-refractivity contribution in [3.05, 3.63) is 72.8 Å². The van der Waals surface area contributed by atoms with Crippen molar-refractivity contribution in [3.63, 3.8) is 0 Å². The molecular weight excluding hydrogens is 332 g/mol. The van der Waals surface area contributed by atoms with E-state index in [1.54, 1.807) is 0 Å². The van der Waals surface area contributed by atoms with Crippen LogP contribution in [0.2, 0.25) is 0 Å². The minimum atomic E-state index is 0.0930. The summed E-state index contributed by atoms with van der Waals surface area (Å²) in [6.07, 6.45) is 0.0930. The Hall–Kier alpha value is -3.00. The van der Waals surface area contributed by atoms with Crippen molar-refractivity contribution < 1.29 is 9.47 Å². The lowest BCUT2D eigenvalue weighted by molar-refractivity contribution is 0.243. The van der Waals surface area contributed by atoms with Crippen LogP contribution in [-0.2, 0) is 0 Å². The Bertz CT molecular complexity index is 1100. The quantitative estimate of drug-likeness (QED) is 0.389. The maximum atomic E-state index is 6.23. The highest BCUT2D eigenvalue weighted by atomic mass is 16.5. The van der Waals surface area contributed by atoms with Crippen molar-refractivity contribution in [2.75, 3.05) is 6.61 Å². The molecule has 2 heteroatoms. The molecule has 2 nitrogen and oxygen atoms in total. The summed E-state index contributed by atoms with van der Waals surface area (Å²) in [5, 5.41) is 4.74. The molecule has 0 spiro atoms. The first-order valence-electron chi connectivity index (χ1n) is 9.52. The molecule has 0 N–H and O–H groups in total. The van der Waals surface area contributed by atoms with E-state index in [9.17, 15) is 0 Å². The summed E-state index contributed by atoms with van der Waals surface area (Å²) in [7, 11) is 0. The smallest absolute Gasteiger partial charge is 0.128 e. The Morgan fingerprint density at radius 1 is 0.667 bits per heavy atom. The Labute approximate surface area is 160 Å². The number of rotatable bonds is 5. The first-order chi connectivity index (χ1) is 13.2. The maximum absolute atomic E-state index is 6.23. The zero-order valence-electron chi connectivity index (χ0n) is 16.0. The van der Waals surface area contributed by atoms with Gasteiger partial charge in [0.05, 0.1) is 12.7 Å². The maximum Gasteiger partial charge on any atom is 0.128 e. The van der Waals surface area contributed by atoms with Gasteiger partial charge in [-0.3, -0.25) is 0 Å². The lowest BCUT2D eigenvalue weighted by Gasteiger charge is -2.20. The summed E-state index contributed by atoms with van der Waals surface area (Å²) in [6, 6.07) is 25.3. The summed E-state index contributed by atoms with van der Waals surface area (Å²) < 4.78 is 12.3. The second kappa shape index (κ2) is 7.32. The Morgan fingerprint density at radius 3 is 1.74 bits per heavy atom. The van der Waals surface area contributed by atoms with Gasteiger partial charge in [-0.1, -0.05) is 60.7 Å². The molecule has 4 aromatic carbocycles. The molecule has 0 aliphatic rings. The van der Waals surface area contributed by atoms with Crippen LogP contribution in [-0.4, -0.2) is 12.7 Å². The number of ether oxygens (including phenoxy) is 2. The van der Waals surface area contributed by atoms with Gasteiger partial charge in [-0.2, -0.15) is 0 Å². The Morgan fingerprint density at radius 2 is 1.19 bits per heavy atom. The van der Waals surface area contributed by atoms with Crippen molar-refractivity contribution in [1.29, 1.82) is 0 Å². The molecule has 0 aliphatic heterocycles. The molecule has 4 rings (SSSR count). The monoisotopic (exact) mass is 356 g/mol. The molecule has 0 amide bonds. The van der Waals surface area contributed by atoms with E-state index >= 15 is 0 Å². The number of hydrogen-bond acceptors (Lipinski definition) is 2. The largest absolute Gasteiger partial charge is 0.493 e. The Balaban J connectivity index is 2.14. The fraction of sp³-hybridized carbons (Fsp3) is 0.200. The van der Waals surface area contributed by atoms with E-state index in [0.717, 1.165) is 22.6 Å². The molecule has 136 valence electrons. The van der Waals surface area contributed by atoms with Gasteiger partial charge in [0, 0.05) is 11.1 Å². The molecule has 0 heterocycles. The molecule has 0 fully saturated rings. The molecule has 0 saturated heterocycles. The molecule has 0 radical (unpaired) electrons. The average molecular weight is 356 g/mol. The molecule has 0 saturated carbocycles. The molecule has 0 unspecified atom stereocenters. The van der Waals surface area contributed by atoms with E-state index in [-0.39, 0.29) is 6.10 Å². The standard InChI is InChI=1S/C25H24O2/c1-4-26-22-15-13-18-9-5-7-11-20(18)24(22)25-21-12-8-6-10-19(21)14-16-23(25)27-17(2)3/h5-17H,4H2,1-3H3. The minimum Gasteiger partial charge on any atom is -0.493 e. The van der Waals surface area contributed by atoms with Crippen molar-refractivity contribution in [2.24, 2.45) is 0 Å². The van der Waals surface area contributed by atoms with Crippen LogP contribution in [0.5, 0.6) is 11.5 Å². The van der Waals surface area contributed by atoms with E-state index in [1.165, 1.54) is 21.5 Å². The molecule has 27 heavy (non-hydrogen) atoms. The SMILES string of the molecule is CCOc1ccc2ccccc2c1-c1c(OC(C)C)ccc2ccccc12. The van der Waals surface area contributed by atoms with Gasteiger partial charge in [0.15, 0.2) is 0 Å². The normalized spacial score (nSPS) is 11.3. The summed E-state index contributed by atoms with van der Waals surface area (Å²) >= 11 is 0. The first-order valence-corrected chi connectivity index (χ1v) is 9.52. The van der Waals surface area contributed by atoms with Crippen LogP contribution in [0.3, 0.4) is 0 Å². The van der Waals surface area contributed by atoms with Gasteiger partial charge in [-0.15, -0.1) is 0 Å². The van der Waals surface area contributed by atoms with Crippen LogP contribution in [0.15, 0.2) is 72.8 Å². The van der Waals surface area contributed by atoms with E-state index in [1.807, 2.05) is 6.92 Å². The van der Waals surface area contributed by atoms with Crippen LogP contribution in [0, 0.1) is 0 Å². The summed E-state index contributed by atoms with van der Waals surface area (Å²) in [5.74, 6) is 1.78. The molecule has 4 aromatic rings. The van der Waals surface area contributed by atoms with Gasteiger partial charge < -0.3 is 9.47 Å². The van der Waals surface area contributed by atoms with Gasteiger partial charge in [-0.25, -0.2) is 0 Å². The predicted octanol–water partition coefficient (Wildman–Crippen LogP) is 6.85. The van der Waals surface area contributed by atoms with Crippen molar-refractivity contribution in [1.82, 2.24) is 0 Å². The zero-order chi connectivity index (χ0) is 18.8. The van der Waals surface area contributed by atoms with E-state index < -0.39 is 0 Å². The fourth-order valence-electron chi connectivity index (χ4n) is 3.65. The zero-order valence-corrected chi connectivity index (χ0v) is 16.0. The third-order valence-corrected chi connectivity index (χ3v) is 4.69. The highest BCUT2D eigenvalue weighted by Gasteiger charge is 2.19. The van der Waals surface area contributed by atoms with Gasteiger partial charge in [0.1, 0.15) is 11.5 Å². The van der Waals surface area contributed by atoms with Crippen molar-refractivity contribution >= 4 is 21.5 Å². The van der Waals surface area contributed by atoms with Gasteiger partial charge in [-0.05, 0) is 54.4 Å². The van der Waals surface area contributed by atoms with Crippen LogP contribution in [0.25, 0.3) is 32.7 Å². The van der Waals surface area contributed by atoms with E-state index in [0.29, 0.717) is 6.61 Å².